The maximum atomic E-state index is 11.7. The molecule has 0 aliphatic carbocycles. The molecule has 17 heavy (non-hydrogen) atoms. The highest BCUT2D eigenvalue weighted by Crippen LogP contribution is 2.08. The monoisotopic (exact) mass is 241 g/mol. The molecule has 1 heterocycles. The fourth-order valence-corrected chi connectivity index (χ4v) is 1.86. The summed E-state index contributed by atoms with van der Waals surface area (Å²) in [6, 6.07) is 0. The summed E-state index contributed by atoms with van der Waals surface area (Å²) in [6.45, 7) is 3.14. The van der Waals surface area contributed by atoms with Crippen LogP contribution >= 0.6 is 0 Å². The minimum Gasteiger partial charge on any atom is -0.349 e. The number of carbonyl (C=O) groups is 2. The zero-order valence-electron chi connectivity index (χ0n) is 10.9. The van der Waals surface area contributed by atoms with Crippen LogP contribution in [-0.2, 0) is 9.59 Å². The van der Waals surface area contributed by atoms with E-state index in [9.17, 15) is 9.59 Å². The molecule has 0 atom stereocenters. The predicted molar refractivity (Wildman–Crippen MR) is 66.6 cm³/mol. The van der Waals surface area contributed by atoms with Gasteiger partial charge >= 0.3 is 0 Å². The first-order chi connectivity index (χ1) is 8.11. The largest absolute Gasteiger partial charge is 0.349 e. The van der Waals surface area contributed by atoms with Gasteiger partial charge in [0, 0.05) is 53.1 Å². The highest BCUT2D eigenvalue weighted by molar-refractivity contribution is 5.76. The van der Waals surface area contributed by atoms with Crippen molar-refractivity contribution in [3.8, 4) is 0 Å². The summed E-state index contributed by atoms with van der Waals surface area (Å²) >= 11 is 0. The van der Waals surface area contributed by atoms with Crippen molar-refractivity contribution in [2.24, 2.45) is 0 Å². The second-order valence-corrected chi connectivity index (χ2v) is 4.63. The van der Waals surface area contributed by atoms with Crippen molar-refractivity contribution in [2.45, 2.75) is 25.7 Å². The molecule has 2 amide bonds. The first-order valence-corrected chi connectivity index (χ1v) is 6.30. The zero-order valence-corrected chi connectivity index (χ0v) is 10.9. The third-order valence-electron chi connectivity index (χ3n) is 2.99. The topological polar surface area (TPSA) is 52.7 Å². The maximum absolute atomic E-state index is 11.7. The third kappa shape index (κ3) is 5.17. The minimum atomic E-state index is 0.114. The van der Waals surface area contributed by atoms with Gasteiger partial charge in [-0.15, -0.1) is 0 Å². The fourth-order valence-electron chi connectivity index (χ4n) is 1.86. The SMILES string of the molecule is CN(C)C(=O)CCNCCC(=O)N1CCCC1. The predicted octanol–water partition coefficient (Wildman–Crippen LogP) is 0.0668. The van der Waals surface area contributed by atoms with Crippen molar-refractivity contribution >= 4 is 11.8 Å². The normalized spacial score (nSPS) is 15.1. The number of rotatable bonds is 6. The summed E-state index contributed by atoms with van der Waals surface area (Å²) < 4.78 is 0. The van der Waals surface area contributed by atoms with Crippen LogP contribution in [0.4, 0.5) is 0 Å². The average molecular weight is 241 g/mol. The van der Waals surface area contributed by atoms with Gasteiger partial charge in [0.1, 0.15) is 0 Å². The Kier molecular flexibility index (Phi) is 5.97. The zero-order chi connectivity index (χ0) is 12.7. The van der Waals surface area contributed by atoms with E-state index in [1.165, 1.54) is 0 Å². The number of amides is 2. The lowest BCUT2D eigenvalue weighted by Crippen LogP contribution is -2.32. The molecule has 1 rings (SSSR count). The Balaban J connectivity index is 2.00. The second-order valence-electron chi connectivity index (χ2n) is 4.63. The molecule has 98 valence electrons. The van der Waals surface area contributed by atoms with Gasteiger partial charge in [0.05, 0.1) is 0 Å². The Morgan fingerprint density at radius 1 is 1.12 bits per heavy atom. The molecule has 1 saturated heterocycles. The molecule has 0 spiro atoms. The molecule has 0 radical (unpaired) electrons. The molecule has 0 bridgehead atoms. The van der Waals surface area contributed by atoms with Gasteiger partial charge in [-0.05, 0) is 12.8 Å². The molecule has 0 aromatic carbocycles. The van der Waals surface area contributed by atoms with Crippen molar-refractivity contribution in [1.82, 2.24) is 15.1 Å². The summed E-state index contributed by atoms with van der Waals surface area (Å²) in [5.41, 5.74) is 0. The Bertz CT molecular complexity index is 260. The van der Waals surface area contributed by atoms with Crippen LogP contribution in [0.5, 0.6) is 0 Å². The molecule has 1 fully saturated rings. The van der Waals surface area contributed by atoms with Crippen LogP contribution in [0.25, 0.3) is 0 Å². The maximum Gasteiger partial charge on any atom is 0.223 e. The van der Waals surface area contributed by atoms with Crippen molar-refractivity contribution in [3.05, 3.63) is 0 Å². The minimum absolute atomic E-state index is 0.114. The highest BCUT2D eigenvalue weighted by Gasteiger charge is 2.16. The molecule has 1 aliphatic rings. The molecular formula is C12H23N3O2. The van der Waals surface area contributed by atoms with Crippen LogP contribution in [0, 0.1) is 0 Å². The number of hydrogen-bond acceptors (Lipinski definition) is 3. The number of nitrogens with one attached hydrogen (secondary N) is 1. The summed E-state index contributed by atoms with van der Waals surface area (Å²) in [5.74, 6) is 0.345. The molecule has 5 nitrogen and oxygen atoms in total. The van der Waals surface area contributed by atoms with E-state index in [0.29, 0.717) is 25.9 Å². The molecule has 1 aliphatic heterocycles. The highest BCUT2D eigenvalue weighted by atomic mass is 16.2. The summed E-state index contributed by atoms with van der Waals surface area (Å²) in [4.78, 5) is 26.4. The molecule has 1 N–H and O–H groups in total. The van der Waals surface area contributed by atoms with Crippen LogP contribution in [0.2, 0.25) is 0 Å². The average Bonchev–Trinajstić information content (AvgIpc) is 2.81. The van der Waals surface area contributed by atoms with E-state index in [1.807, 2.05) is 4.90 Å². The number of hydrogen-bond donors (Lipinski definition) is 1. The van der Waals surface area contributed by atoms with E-state index >= 15 is 0 Å². The summed E-state index contributed by atoms with van der Waals surface area (Å²) in [7, 11) is 3.50. The van der Waals surface area contributed by atoms with Gasteiger partial charge in [0.25, 0.3) is 0 Å². The Hall–Kier alpha value is -1.10. The lowest BCUT2D eigenvalue weighted by atomic mass is 10.3. The van der Waals surface area contributed by atoms with Crippen LogP contribution in [0.3, 0.4) is 0 Å². The number of nitrogens with zero attached hydrogens (tertiary/aromatic N) is 2. The van der Waals surface area contributed by atoms with Gasteiger partial charge in [-0.2, -0.15) is 0 Å². The van der Waals surface area contributed by atoms with Gasteiger partial charge in [0.2, 0.25) is 11.8 Å². The van der Waals surface area contributed by atoms with Crippen molar-refractivity contribution in [3.63, 3.8) is 0 Å². The molecule has 0 aromatic rings. The first-order valence-electron chi connectivity index (χ1n) is 6.30. The lowest BCUT2D eigenvalue weighted by Gasteiger charge is -2.15. The van der Waals surface area contributed by atoms with E-state index in [2.05, 4.69) is 5.32 Å². The Morgan fingerprint density at radius 2 is 1.71 bits per heavy atom. The third-order valence-corrected chi connectivity index (χ3v) is 2.99. The number of likely N-dealkylation sites (tertiary alicyclic amines) is 1. The molecule has 0 unspecified atom stereocenters. The Labute approximate surface area is 103 Å². The van der Waals surface area contributed by atoms with Gasteiger partial charge in [-0.3, -0.25) is 9.59 Å². The standard InChI is InChI=1S/C12H23N3O2/c1-14(2)11(16)5-7-13-8-6-12(17)15-9-3-4-10-15/h13H,3-10H2,1-2H3. The first kappa shape index (κ1) is 14.0. The van der Waals surface area contributed by atoms with Crippen LogP contribution in [0.15, 0.2) is 0 Å². The fraction of sp³-hybridized carbons (Fsp3) is 0.833. The summed E-state index contributed by atoms with van der Waals surface area (Å²) in [5, 5.41) is 3.13. The van der Waals surface area contributed by atoms with E-state index < -0.39 is 0 Å². The molecule has 5 heteroatoms. The van der Waals surface area contributed by atoms with Crippen LogP contribution < -0.4 is 5.32 Å². The van der Waals surface area contributed by atoms with Gasteiger partial charge in [-0.25, -0.2) is 0 Å². The quantitative estimate of drug-likeness (QED) is 0.669. The molecule has 0 aromatic heterocycles. The van der Waals surface area contributed by atoms with E-state index in [4.69, 9.17) is 0 Å². The van der Waals surface area contributed by atoms with E-state index in [0.717, 1.165) is 25.9 Å². The van der Waals surface area contributed by atoms with Crippen molar-refractivity contribution in [1.29, 1.82) is 0 Å². The van der Waals surface area contributed by atoms with Crippen LogP contribution in [-0.4, -0.2) is 61.9 Å². The smallest absolute Gasteiger partial charge is 0.223 e. The second kappa shape index (κ2) is 7.27. The van der Waals surface area contributed by atoms with Crippen molar-refractivity contribution in [2.75, 3.05) is 40.3 Å². The van der Waals surface area contributed by atoms with Gasteiger partial charge < -0.3 is 15.1 Å². The summed E-state index contributed by atoms with van der Waals surface area (Å²) in [6.07, 6.45) is 3.30. The lowest BCUT2D eigenvalue weighted by molar-refractivity contribution is -0.130. The van der Waals surface area contributed by atoms with E-state index in [-0.39, 0.29) is 11.8 Å². The molecular weight excluding hydrogens is 218 g/mol. The van der Waals surface area contributed by atoms with Gasteiger partial charge in [-0.1, -0.05) is 0 Å². The number of carbonyl (C=O) groups excluding carboxylic acids is 2. The van der Waals surface area contributed by atoms with Gasteiger partial charge in [0.15, 0.2) is 0 Å². The van der Waals surface area contributed by atoms with Crippen molar-refractivity contribution < 1.29 is 9.59 Å². The van der Waals surface area contributed by atoms with E-state index in [1.54, 1.807) is 19.0 Å². The molecule has 0 saturated carbocycles. The Morgan fingerprint density at radius 3 is 2.29 bits per heavy atom. The van der Waals surface area contributed by atoms with Crippen LogP contribution in [0.1, 0.15) is 25.7 Å².